The number of para-hydroxylation sites is 1. The molecule has 0 aliphatic rings. The van der Waals surface area contributed by atoms with E-state index in [1.807, 2.05) is 30.3 Å². The lowest BCUT2D eigenvalue weighted by Gasteiger charge is -2.17. The zero-order valence-corrected chi connectivity index (χ0v) is 19.3. The SMILES string of the molecule is COc1cn(-c2ccc(-n3cccn3)cc2OCC(F)(F)F)nc(-c2ccnn2-c2ccccc2)c1=O. The van der Waals surface area contributed by atoms with Gasteiger partial charge in [0.1, 0.15) is 11.4 Å². The number of benzene rings is 2. The van der Waals surface area contributed by atoms with Gasteiger partial charge in [0.05, 0.1) is 36.6 Å². The molecule has 9 nitrogen and oxygen atoms in total. The van der Waals surface area contributed by atoms with E-state index in [1.54, 1.807) is 30.6 Å². The van der Waals surface area contributed by atoms with Crippen molar-refractivity contribution in [1.82, 2.24) is 29.3 Å². The molecule has 0 spiro atoms. The van der Waals surface area contributed by atoms with E-state index < -0.39 is 18.2 Å². The molecular weight excluding hydrogens is 489 g/mol. The minimum absolute atomic E-state index is 0.0152. The van der Waals surface area contributed by atoms with Gasteiger partial charge in [-0.05, 0) is 36.4 Å². The molecule has 37 heavy (non-hydrogen) atoms. The first-order valence-corrected chi connectivity index (χ1v) is 11.0. The highest BCUT2D eigenvalue weighted by atomic mass is 19.4. The second-order valence-electron chi connectivity index (χ2n) is 7.79. The van der Waals surface area contributed by atoms with Crippen molar-refractivity contribution in [3.8, 4) is 39.9 Å². The Balaban J connectivity index is 1.67. The van der Waals surface area contributed by atoms with E-state index in [1.165, 1.54) is 45.7 Å². The molecule has 0 saturated heterocycles. The Bertz CT molecular complexity index is 1580. The Labute approximate surface area is 207 Å². The van der Waals surface area contributed by atoms with Gasteiger partial charge >= 0.3 is 6.18 Å². The van der Waals surface area contributed by atoms with Crippen LogP contribution >= 0.6 is 0 Å². The molecule has 2 aromatic carbocycles. The summed E-state index contributed by atoms with van der Waals surface area (Å²) in [6, 6.07) is 17.0. The van der Waals surface area contributed by atoms with Gasteiger partial charge in [0.25, 0.3) is 5.43 Å². The van der Waals surface area contributed by atoms with Crippen molar-refractivity contribution in [3.63, 3.8) is 0 Å². The van der Waals surface area contributed by atoms with E-state index in [9.17, 15) is 18.0 Å². The average molecular weight is 508 g/mol. The smallest absolute Gasteiger partial charge is 0.422 e. The van der Waals surface area contributed by atoms with Gasteiger partial charge < -0.3 is 9.47 Å². The molecular formula is C25H19F3N6O3. The maximum Gasteiger partial charge on any atom is 0.422 e. The molecule has 188 valence electrons. The summed E-state index contributed by atoms with van der Waals surface area (Å²) >= 11 is 0. The highest BCUT2D eigenvalue weighted by Crippen LogP contribution is 2.29. The number of alkyl halides is 3. The molecule has 0 aliphatic heterocycles. The summed E-state index contributed by atoms with van der Waals surface area (Å²) in [6.07, 6.45) is 1.43. The van der Waals surface area contributed by atoms with E-state index in [0.717, 1.165) is 0 Å². The van der Waals surface area contributed by atoms with Gasteiger partial charge in [-0.1, -0.05) is 18.2 Å². The summed E-state index contributed by atoms with van der Waals surface area (Å²) < 4.78 is 53.8. The standard InChI is InChI=1S/C25H19F3N6O3/c1-36-22-15-33(31-23(24(22)35)20-10-12-30-34(20)17-6-3-2-4-7-17)19-9-8-18(32-13-5-11-29-32)14-21(19)37-16-25(26,27)28/h2-15H,16H2,1H3. The summed E-state index contributed by atoms with van der Waals surface area (Å²) in [5.41, 5.74) is 1.17. The Hall–Kier alpha value is -4.87. The second-order valence-corrected chi connectivity index (χ2v) is 7.79. The van der Waals surface area contributed by atoms with Gasteiger partial charge in [-0.25, -0.2) is 14.0 Å². The van der Waals surface area contributed by atoms with Gasteiger partial charge in [-0.15, -0.1) is 0 Å². The molecule has 0 unspecified atom stereocenters. The van der Waals surface area contributed by atoms with Crippen LogP contribution in [0.15, 0.2) is 90.2 Å². The van der Waals surface area contributed by atoms with Gasteiger partial charge in [-0.3, -0.25) is 4.79 Å². The van der Waals surface area contributed by atoms with E-state index in [2.05, 4.69) is 15.3 Å². The van der Waals surface area contributed by atoms with E-state index >= 15 is 0 Å². The molecule has 0 N–H and O–H groups in total. The Morgan fingerprint density at radius 3 is 2.41 bits per heavy atom. The van der Waals surface area contributed by atoms with E-state index in [4.69, 9.17) is 9.47 Å². The summed E-state index contributed by atoms with van der Waals surface area (Å²) in [7, 11) is 1.32. The predicted molar refractivity (Wildman–Crippen MR) is 128 cm³/mol. The number of aromatic nitrogens is 6. The van der Waals surface area contributed by atoms with Crippen molar-refractivity contribution in [2.45, 2.75) is 6.18 Å². The molecule has 0 bridgehead atoms. The van der Waals surface area contributed by atoms with Gasteiger partial charge in [0.15, 0.2) is 18.1 Å². The van der Waals surface area contributed by atoms with Gasteiger partial charge in [0, 0.05) is 18.5 Å². The molecule has 3 aromatic heterocycles. The maximum absolute atomic E-state index is 13.2. The Morgan fingerprint density at radius 2 is 1.70 bits per heavy atom. The van der Waals surface area contributed by atoms with E-state index in [-0.39, 0.29) is 22.9 Å². The molecule has 5 rings (SSSR count). The molecule has 0 aliphatic carbocycles. The summed E-state index contributed by atoms with van der Waals surface area (Å²) in [4.78, 5) is 13.2. The van der Waals surface area contributed by atoms with Crippen molar-refractivity contribution in [2.24, 2.45) is 0 Å². The Kier molecular flexibility index (Phi) is 6.22. The van der Waals surface area contributed by atoms with Crippen molar-refractivity contribution in [3.05, 3.63) is 95.7 Å². The highest BCUT2D eigenvalue weighted by Gasteiger charge is 2.29. The fourth-order valence-electron chi connectivity index (χ4n) is 3.69. The third kappa shape index (κ3) is 4.94. The average Bonchev–Trinajstić information content (AvgIpc) is 3.60. The van der Waals surface area contributed by atoms with Crippen molar-refractivity contribution in [1.29, 1.82) is 0 Å². The van der Waals surface area contributed by atoms with Crippen LogP contribution < -0.4 is 14.9 Å². The third-order valence-electron chi connectivity index (χ3n) is 5.34. The summed E-state index contributed by atoms with van der Waals surface area (Å²) in [6.45, 7) is -1.52. The van der Waals surface area contributed by atoms with Gasteiger partial charge in [-0.2, -0.15) is 28.5 Å². The number of methoxy groups -OCH3 is 1. The largest absolute Gasteiger partial charge is 0.491 e. The van der Waals surface area contributed by atoms with Crippen LogP contribution in [0.4, 0.5) is 13.2 Å². The highest BCUT2D eigenvalue weighted by molar-refractivity contribution is 5.60. The number of halogens is 3. The van der Waals surface area contributed by atoms with Crippen LogP contribution in [0.2, 0.25) is 0 Å². The molecule has 0 amide bonds. The zero-order chi connectivity index (χ0) is 26.0. The molecule has 0 atom stereocenters. The van der Waals surface area contributed by atoms with Crippen molar-refractivity contribution >= 4 is 0 Å². The maximum atomic E-state index is 13.2. The fourth-order valence-corrected chi connectivity index (χ4v) is 3.69. The lowest BCUT2D eigenvalue weighted by molar-refractivity contribution is -0.153. The molecule has 0 saturated carbocycles. The van der Waals surface area contributed by atoms with Crippen LogP contribution in [0.25, 0.3) is 28.5 Å². The van der Waals surface area contributed by atoms with Crippen LogP contribution in [0.5, 0.6) is 11.5 Å². The first-order valence-electron chi connectivity index (χ1n) is 11.0. The summed E-state index contributed by atoms with van der Waals surface area (Å²) in [5, 5.41) is 12.9. The minimum Gasteiger partial charge on any atom is -0.491 e. The van der Waals surface area contributed by atoms with E-state index in [0.29, 0.717) is 17.1 Å². The lowest BCUT2D eigenvalue weighted by Crippen LogP contribution is -2.21. The lowest BCUT2D eigenvalue weighted by atomic mass is 10.2. The molecule has 0 fully saturated rings. The van der Waals surface area contributed by atoms with Crippen LogP contribution in [0.1, 0.15) is 0 Å². The quantitative estimate of drug-likeness (QED) is 0.327. The molecule has 3 heterocycles. The van der Waals surface area contributed by atoms with Crippen LogP contribution in [0.3, 0.4) is 0 Å². The van der Waals surface area contributed by atoms with Gasteiger partial charge in [0.2, 0.25) is 0 Å². The molecule has 12 heteroatoms. The minimum atomic E-state index is -4.57. The van der Waals surface area contributed by atoms with Crippen LogP contribution in [0, 0.1) is 0 Å². The predicted octanol–water partition coefficient (Wildman–Crippen LogP) is 4.22. The number of hydrogen-bond donors (Lipinski definition) is 0. The fraction of sp³-hybridized carbons (Fsp3) is 0.120. The van der Waals surface area contributed by atoms with Crippen molar-refractivity contribution < 1.29 is 22.6 Å². The molecule has 5 aromatic rings. The topological polar surface area (TPSA) is 89.0 Å². The number of hydrogen-bond acceptors (Lipinski definition) is 6. The van der Waals surface area contributed by atoms with Crippen molar-refractivity contribution in [2.75, 3.05) is 13.7 Å². The number of rotatable bonds is 7. The Morgan fingerprint density at radius 1 is 0.892 bits per heavy atom. The monoisotopic (exact) mass is 508 g/mol. The van der Waals surface area contributed by atoms with Crippen LogP contribution in [-0.4, -0.2) is 49.2 Å². The normalized spacial score (nSPS) is 11.5. The number of nitrogens with zero attached hydrogens (tertiary/aromatic N) is 6. The first kappa shape index (κ1) is 23.9. The number of ether oxygens (including phenoxy) is 2. The summed E-state index contributed by atoms with van der Waals surface area (Å²) in [5.74, 6) is -0.185. The third-order valence-corrected chi connectivity index (χ3v) is 5.34. The first-order chi connectivity index (χ1) is 17.8. The second kappa shape index (κ2) is 9.64. The zero-order valence-electron chi connectivity index (χ0n) is 19.3. The molecule has 0 radical (unpaired) electrons. The van der Waals surface area contributed by atoms with Crippen LogP contribution in [-0.2, 0) is 0 Å².